The number of methoxy groups -OCH3 is 1. The van der Waals surface area contributed by atoms with E-state index >= 15 is 0 Å². The number of aromatic nitrogens is 2. The molecule has 6 nitrogen and oxygen atoms in total. The van der Waals surface area contributed by atoms with Gasteiger partial charge in [-0.05, 0) is 50.4 Å². The lowest BCUT2D eigenvalue weighted by molar-refractivity contribution is 0.196. The van der Waals surface area contributed by atoms with Gasteiger partial charge in [-0.25, -0.2) is 0 Å². The van der Waals surface area contributed by atoms with E-state index in [-0.39, 0.29) is 5.56 Å². The maximum Gasteiger partial charge on any atom is 0.273 e. The van der Waals surface area contributed by atoms with E-state index in [0.717, 1.165) is 69.2 Å². The van der Waals surface area contributed by atoms with Crippen LogP contribution in [0.25, 0.3) is 0 Å². The molecule has 1 atom stereocenters. The van der Waals surface area contributed by atoms with Crippen molar-refractivity contribution >= 4 is 0 Å². The molecule has 2 aliphatic heterocycles. The summed E-state index contributed by atoms with van der Waals surface area (Å²) in [7, 11) is 1.67. The van der Waals surface area contributed by atoms with E-state index in [9.17, 15) is 4.79 Å². The maximum absolute atomic E-state index is 12.1. The Kier molecular flexibility index (Phi) is 5.67. The zero-order chi connectivity index (χ0) is 19.5. The number of benzene rings is 1. The van der Waals surface area contributed by atoms with Gasteiger partial charge >= 0.3 is 0 Å². The average molecular weight is 383 g/mol. The lowest BCUT2D eigenvalue weighted by atomic mass is 9.93. The first-order chi connectivity index (χ1) is 13.7. The van der Waals surface area contributed by atoms with Crippen LogP contribution in [-0.4, -0.2) is 41.3 Å². The van der Waals surface area contributed by atoms with Gasteiger partial charge in [-0.15, -0.1) is 0 Å². The molecule has 28 heavy (non-hydrogen) atoms. The van der Waals surface area contributed by atoms with Crippen LogP contribution in [0.5, 0.6) is 11.5 Å². The van der Waals surface area contributed by atoms with Gasteiger partial charge in [0.2, 0.25) is 0 Å². The van der Waals surface area contributed by atoms with Gasteiger partial charge in [0.25, 0.3) is 5.56 Å². The Hall–Kier alpha value is -2.34. The van der Waals surface area contributed by atoms with Crippen molar-refractivity contribution in [3.63, 3.8) is 0 Å². The predicted octanol–water partition coefficient (Wildman–Crippen LogP) is 2.98. The van der Waals surface area contributed by atoms with E-state index in [1.54, 1.807) is 13.2 Å². The number of piperidine rings is 1. The summed E-state index contributed by atoms with van der Waals surface area (Å²) in [5, 5.41) is 0. The molecule has 4 rings (SSSR count). The molecule has 0 N–H and O–H groups in total. The monoisotopic (exact) mass is 383 g/mol. The average Bonchev–Trinajstić information content (AvgIpc) is 3.16. The van der Waals surface area contributed by atoms with Crippen LogP contribution < -0.4 is 15.0 Å². The number of likely N-dealkylation sites (tertiary alicyclic amines) is 1. The predicted molar refractivity (Wildman–Crippen MR) is 108 cm³/mol. The molecule has 150 valence electrons. The van der Waals surface area contributed by atoms with Gasteiger partial charge in [-0.1, -0.05) is 6.07 Å². The topological polar surface area (TPSA) is 56.6 Å². The van der Waals surface area contributed by atoms with Crippen LogP contribution in [0.15, 0.2) is 29.1 Å². The second-order valence-corrected chi connectivity index (χ2v) is 7.68. The minimum Gasteiger partial charge on any atom is -0.493 e. The Morgan fingerprint density at radius 2 is 2.07 bits per heavy atom. The number of fused-ring (bicyclic) bond motifs is 1. The summed E-state index contributed by atoms with van der Waals surface area (Å²) in [5.74, 6) is 2.94. The Morgan fingerprint density at radius 1 is 1.18 bits per heavy atom. The first-order valence-electron chi connectivity index (χ1n) is 10.3. The third-order valence-corrected chi connectivity index (χ3v) is 5.77. The van der Waals surface area contributed by atoms with Gasteiger partial charge in [0.05, 0.1) is 13.7 Å². The van der Waals surface area contributed by atoms with Crippen LogP contribution in [0.1, 0.15) is 49.2 Å². The first kappa shape index (κ1) is 19.0. The number of aryl methyl sites for hydroxylation is 1. The molecule has 0 saturated carbocycles. The third kappa shape index (κ3) is 3.92. The Bertz CT molecular complexity index is 893. The van der Waals surface area contributed by atoms with Gasteiger partial charge < -0.3 is 14.0 Å². The van der Waals surface area contributed by atoms with Crippen LogP contribution in [0.3, 0.4) is 0 Å². The van der Waals surface area contributed by atoms with Crippen LogP contribution >= 0.6 is 0 Å². The molecule has 2 aliphatic rings. The summed E-state index contributed by atoms with van der Waals surface area (Å²) >= 11 is 0. The summed E-state index contributed by atoms with van der Waals surface area (Å²) in [6.07, 6.45) is 4.29. The molecular formula is C22H29N3O3. The number of ether oxygens (including phenoxy) is 2. The zero-order valence-corrected chi connectivity index (χ0v) is 16.8. The van der Waals surface area contributed by atoms with Gasteiger partial charge in [-0.2, -0.15) is 4.98 Å². The smallest absolute Gasteiger partial charge is 0.273 e. The molecule has 0 spiro atoms. The fourth-order valence-electron chi connectivity index (χ4n) is 4.54. The third-order valence-electron chi connectivity index (χ3n) is 5.77. The van der Waals surface area contributed by atoms with E-state index in [2.05, 4.69) is 26.6 Å². The lowest BCUT2D eigenvalue weighted by Crippen LogP contribution is -2.35. The molecule has 1 aromatic heterocycles. The highest BCUT2D eigenvalue weighted by Crippen LogP contribution is 2.31. The molecule has 6 heteroatoms. The number of hydrogen-bond acceptors (Lipinski definition) is 5. The quantitative estimate of drug-likeness (QED) is 0.768. The maximum atomic E-state index is 12.1. The number of rotatable bonds is 6. The van der Waals surface area contributed by atoms with Crippen LogP contribution in [0.2, 0.25) is 0 Å². The van der Waals surface area contributed by atoms with E-state index < -0.39 is 0 Å². The highest BCUT2D eigenvalue weighted by atomic mass is 16.5. The largest absolute Gasteiger partial charge is 0.493 e. The van der Waals surface area contributed by atoms with Crippen LogP contribution in [-0.2, 0) is 19.5 Å². The summed E-state index contributed by atoms with van der Waals surface area (Å²) in [6, 6.07) is 7.95. The molecule has 1 aromatic carbocycles. The highest BCUT2D eigenvalue weighted by Gasteiger charge is 2.26. The summed E-state index contributed by atoms with van der Waals surface area (Å²) in [4.78, 5) is 18.8. The van der Waals surface area contributed by atoms with E-state index in [1.807, 2.05) is 13.0 Å². The summed E-state index contributed by atoms with van der Waals surface area (Å²) in [5.41, 5.74) is 2.32. The fraction of sp³-hybridized carbons (Fsp3) is 0.545. The van der Waals surface area contributed by atoms with Crippen LogP contribution in [0.4, 0.5) is 0 Å². The zero-order valence-electron chi connectivity index (χ0n) is 16.8. The summed E-state index contributed by atoms with van der Waals surface area (Å²) < 4.78 is 13.4. The van der Waals surface area contributed by atoms with Gasteiger partial charge in [0.1, 0.15) is 5.82 Å². The molecule has 0 aliphatic carbocycles. The van der Waals surface area contributed by atoms with Crippen molar-refractivity contribution in [1.82, 2.24) is 14.5 Å². The van der Waals surface area contributed by atoms with E-state index in [0.29, 0.717) is 12.5 Å². The Morgan fingerprint density at radius 3 is 2.89 bits per heavy atom. The second kappa shape index (κ2) is 8.35. The molecule has 3 heterocycles. The Balaban J connectivity index is 1.51. The number of nitrogens with zero attached hydrogens (tertiary/aromatic N) is 3. The highest BCUT2D eigenvalue weighted by molar-refractivity contribution is 5.43. The molecule has 0 radical (unpaired) electrons. The van der Waals surface area contributed by atoms with Crippen molar-refractivity contribution in [3.8, 4) is 11.5 Å². The molecule has 0 bridgehead atoms. The van der Waals surface area contributed by atoms with Crippen molar-refractivity contribution in [2.75, 3.05) is 26.8 Å². The first-order valence-corrected chi connectivity index (χ1v) is 10.3. The van der Waals surface area contributed by atoms with Crippen molar-refractivity contribution < 1.29 is 9.47 Å². The molecule has 2 aromatic rings. The SMILES string of the molecule is CCOc1cc(CN2CCC[C@H](c3cc(=O)nc4n3CCC4)C2)ccc1OC. The van der Waals surface area contributed by atoms with Crippen molar-refractivity contribution in [1.29, 1.82) is 0 Å². The number of hydrogen-bond donors (Lipinski definition) is 0. The van der Waals surface area contributed by atoms with E-state index in [1.165, 1.54) is 11.3 Å². The minimum atomic E-state index is -0.0863. The van der Waals surface area contributed by atoms with Crippen LogP contribution in [0, 0.1) is 0 Å². The lowest BCUT2D eigenvalue weighted by Gasteiger charge is -2.34. The van der Waals surface area contributed by atoms with Crippen molar-refractivity contribution in [2.24, 2.45) is 0 Å². The summed E-state index contributed by atoms with van der Waals surface area (Å²) in [6.45, 7) is 6.52. The van der Waals surface area contributed by atoms with Crippen molar-refractivity contribution in [3.05, 3.63) is 51.7 Å². The molecule has 1 saturated heterocycles. The normalized spacial score (nSPS) is 19.4. The standard InChI is InChI=1S/C22H29N3O3/c1-3-28-20-12-16(8-9-19(20)27-2)14-24-10-4-6-17(15-24)18-13-22(26)23-21-7-5-11-25(18)21/h8-9,12-13,17H,3-7,10-11,14-15H2,1-2H3/t17-/m0/s1. The molecule has 1 fully saturated rings. The molecule has 0 unspecified atom stereocenters. The Labute approximate surface area is 166 Å². The fourth-order valence-corrected chi connectivity index (χ4v) is 4.54. The molecule has 0 amide bonds. The minimum absolute atomic E-state index is 0.0863. The van der Waals surface area contributed by atoms with Gasteiger partial charge in [-0.3, -0.25) is 9.69 Å². The van der Waals surface area contributed by atoms with Gasteiger partial charge in [0, 0.05) is 43.7 Å². The van der Waals surface area contributed by atoms with Crippen molar-refractivity contribution in [2.45, 2.75) is 51.6 Å². The molecular weight excluding hydrogens is 354 g/mol. The van der Waals surface area contributed by atoms with E-state index in [4.69, 9.17) is 9.47 Å². The second-order valence-electron chi connectivity index (χ2n) is 7.68. The van der Waals surface area contributed by atoms with Gasteiger partial charge in [0.15, 0.2) is 11.5 Å².